The lowest BCUT2D eigenvalue weighted by molar-refractivity contribution is -0.139. The first kappa shape index (κ1) is 20.7. The van der Waals surface area contributed by atoms with E-state index in [9.17, 15) is 9.59 Å². The second kappa shape index (κ2) is 9.13. The van der Waals surface area contributed by atoms with Crippen LogP contribution in [0, 0.1) is 17.8 Å². The minimum atomic E-state index is 0.0786. The van der Waals surface area contributed by atoms with Crippen molar-refractivity contribution < 1.29 is 9.59 Å². The van der Waals surface area contributed by atoms with Crippen molar-refractivity contribution in [2.75, 3.05) is 38.5 Å². The molecule has 166 valence electrons. The third kappa shape index (κ3) is 4.13. The van der Waals surface area contributed by atoms with Gasteiger partial charge in [-0.05, 0) is 68.1 Å². The van der Waals surface area contributed by atoms with Gasteiger partial charge in [0.2, 0.25) is 5.91 Å². The number of hydrogen-bond acceptors (Lipinski definition) is 3. The number of thioether (sulfide) groups is 1. The first-order valence-electron chi connectivity index (χ1n) is 12.4. The molecule has 3 saturated heterocycles. The Balaban J connectivity index is 1.16. The van der Waals surface area contributed by atoms with Gasteiger partial charge in [-0.1, -0.05) is 18.9 Å². The van der Waals surface area contributed by atoms with Crippen LogP contribution in [0.4, 0.5) is 4.79 Å². The Hall–Kier alpha value is -1.17. The molecule has 4 heterocycles. The monoisotopic (exact) mass is 431 g/mol. The molecule has 0 aromatic carbocycles. The Morgan fingerprint density at radius 1 is 0.800 bits per heavy atom. The Bertz CT molecular complexity index is 680. The van der Waals surface area contributed by atoms with Crippen LogP contribution in [0.15, 0.2) is 11.0 Å². The molecular formula is C24H37N3O2S. The summed E-state index contributed by atoms with van der Waals surface area (Å²) in [6, 6.07) is 0.765. The fourth-order valence-corrected chi connectivity index (χ4v) is 7.79. The second-order valence-electron chi connectivity index (χ2n) is 10.0. The summed E-state index contributed by atoms with van der Waals surface area (Å²) in [6.07, 6.45) is 14.4. The highest BCUT2D eigenvalue weighted by atomic mass is 32.2. The SMILES string of the molecule is O=C(N1CCCC1)N1CCC(C2=CC(C(=O)N3CCCC4CCCCC43)CS2)CC1. The molecule has 1 aliphatic carbocycles. The van der Waals surface area contributed by atoms with E-state index in [1.807, 2.05) is 16.7 Å². The summed E-state index contributed by atoms with van der Waals surface area (Å²) < 4.78 is 0. The Morgan fingerprint density at radius 3 is 2.30 bits per heavy atom. The molecule has 3 unspecified atom stereocenters. The Morgan fingerprint density at radius 2 is 1.50 bits per heavy atom. The standard InChI is InChI=1S/C24H37N3O2S/c28-23(27-13-5-7-18-6-1-2-8-21(18)27)20-16-22(30-17-20)19-9-14-26(15-10-19)24(29)25-11-3-4-12-25/h16,18-21H,1-15,17H2. The number of hydrogen-bond donors (Lipinski definition) is 0. The first-order chi connectivity index (χ1) is 14.7. The Labute approximate surface area is 185 Å². The number of fused-ring (bicyclic) bond motifs is 1. The summed E-state index contributed by atoms with van der Waals surface area (Å²) in [7, 11) is 0. The lowest BCUT2D eigenvalue weighted by atomic mass is 9.78. The van der Waals surface area contributed by atoms with Crippen LogP contribution in [0.3, 0.4) is 0 Å². The van der Waals surface area contributed by atoms with Crippen LogP contribution in [-0.2, 0) is 4.79 Å². The van der Waals surface area contributed by atoms with E-state index in [1.54, 1.807) is 0 Å². The van der Waals surface area contributed by atoms with Gasteiger partial charge >= 0.3 is 6.03 Å². The number of amides is 3. The molecule has 0 bridgehead atoms. The van der Waals surface area contributed by atoms with Crippen molar-refractivity contribution in [2.45, 2.75) is 70.3 Å². The second-order valence-corrected chi connectivity index (χ2v) is 11.1. The maximum Gasteiger partial charge on any atom is 0.319 e. The molecule has 4 aliphatic heterocycles. The smallest absolute Gasteiger partial charge is 0.319 e. The molecular weight excluding hydrogens is 394 g/mol. The zero-order valence-corrected chi connectivity index (χ0v) is 19.1. The van der Waals surface area contributed by atoms with Gasteiger partial charge < -0.3 is 14.7 Å². The van der Waals surface area contributed by atoms with Crippen molar-refractivity contribution in [3.05, 3.63) is 11.0 Å². The van der Waals surface area contributed by atoms with Crippen LogP contribution in [0.1, 0.15) is 64.2 Å². The quantitative estimate of drug-likeness (QED) is 0.653. The van der Waals surface area contributed by atoms with Gasteiger partial charge in [-0.2, -0.15) is 0 Å². The third-order valence-electron chi connectivity index (χ3n) is 8.18. The number of carbonyl (C=O) groups is 2. The van der Waals surface area contributed by atoms with Gasteiger partial charge in [0.1, 0.15) is 0 Å². The average molecular weight is 432 g/mol. The summed E-state index contributed by atoms with van der Waals surface area (Å²) in [5, 5.41) is 0. The zero-order chi connectivity index (χ0) is 20.5. The maximum atomic E-state index is 13.4. The lowest BCUT2D eigenvalue weighted by Gasteiger charge is -2.44. The molecule has 4 fully saturated rings. The first-order valence-corrected chi connectivity index (χ1v) is 13.4. The van der Waals surface area contributed by atoms with E-state index in [1.165, 1.54) is 43.4 Å². The predicted molar refractivity (Wildman–Crippen MR) is 121 cm³/mol. The highest BCUT2D eigenvalue weighted by Crippen LogP contribution is 2.42. The molecule has 6 heteroatoms. The maximum absolute atomic E-state index is 13.4. The van der Waals surface area contributed by atoms with E-state index < -0.39 is 0 Å². The lowest BCUT2D eigenvalue weighted by Crippen LogP contribution is -2.51. The summed E-state index contributed by atoms with van der Waals surface area (Å²) in [5.74, 6) is 2.70. The molecule has 1 saturated carbocycles. The van der Waals surface area contributed by atoms with Crippen LogP contribution in [0.25, 0.3) is 0 Å². The predicted octanol–water partition coefficient (Wildman–Crippen LogP) is 4.34. The van der Waals surface area contributed by atoms with Gasteiger partial charge in [-0.25, -0.2) is 4.79 Å². The number of likely N-dealkylation sites (tertiary alicyclic amines) is 3. The highest BCUT2D eigenvalue weighted by Gasteiger charge is 2.39. The number of rotatable bonds is 2. The largest absolute Gasteiger partial charge is 0.339 e. The van der Waals surface area contributed by atoms with E-state index in [2.05, 4.69) is 15.9 Å². The van der Waals surface area contributed by atoms with Crippen molar-refractivity contribution in [1.82, 2.24) is 14.7 Å². The molecule has 0 radical (unpaired) electrons. The molecule has 5 rings (SSSR count). The molecule has 3 amide bonds. The molecule has 0 aromatic rings. The number of allylic oxidation sites excluding steroid dienone is 1. The van der Waals surface area contributed by atoms with E-state index in [-0.39, 0.29) is 11.9 Å². The van der Waals surface area contributed by atoms with Crippen LogP contribution in [-0.4, -0.2) is 71.2 Å². The molecule has 30 heavy (non-hydrogen) atoms. The van der Waals surface area contributed by atoms with Gasteiger partial charge in [0.05, 0.1) is 5.92 Å². The minimum Gasteiger partial charge on any atom is -0.339 e. The van der Waals surface area contributed by atoms with Gasteiger partial charge in [0, 0.05) is 44.5 Å². The Kier molecular flexibility index (Phi) is 6.31. The van der Waals surface area contributed by atoms with Crippen LogP contribution in [0.2, 0.25) is 0 Å². The molecule has 5 aliphatic rings. The topological polar surface area (TPSA) is 43.9 Å². The third-order valence-corrected chi connectivity index (χ3v) is 9.51. The molecule has 0 aromatic heterocycles. The molecule has 3 atom stereocenters. The summed E-state index contributed by atoms with van der Waals surface area (Å²) in [5.41, 5.74) is 0. The van der Waals surface area contributed by atoms with Crippen molar-refractivity contribution in [3.8, 4) is 0 Å². The summed E-state index contributed by atoms with van der Waals surface area (Å²) in [4.78, 5) is 33.8. The van der Waals surface area contributed by atoms with E-state index in [4.69, 9.17) is 0 Å². The average Bonchev–Trinajstić information content (AvgIpc) is 3.50. The van der Waals surface area contributed by atoms with E-state index >= 15 is 0 Å². The fourth-order valence-electron chi connectivity index (χ4n) is 6.45. The van der Waals surface area contributed by atoms with Crippen LogP contribution < -0.4 is 0 Å². The zero-order valence-electron chi connectivity index (χ0n) is 18.3. The van der Waals surface area contributed by atoms with E-state index in [0.29, 0.717) is 17.9 Å². The normalized spacial score (nSPS) is 32.9. The molecule has 0 N–H and O–H groups in total. The minimum absolute atomic E-state index is 0.0786. The molecule has 5 nitrogen and oxygen atoms in total. The van der Waals surface area contributed by atoms with Gasteiger partial charge in [-0.3, -0.25) is 4.79 Å². The molecule has 0 spiro atoms. The number of carbonyl (C=O) groups excluding carboxylic acids is 2. The highest BCUT2D eigenvalue weighted by molar-refractivity contribution is 8.03. The van der Waals surface area contributed by atoms with Crippen LogP contribution >= 0.6 is 11.8 Å². The van der Waals surface area contributed by atoms with Gasteiger partial charge in [-0.15, -0.1) is 11.8 Å². The van der Waals surface area contributed by atoms with Crippen molar-refractivity contribution in [2.24, 2.45) is 17.8 Å². The number of nitrogens with zero attached hydrogens (tertiary/aromatic N) is 3. The van der Waals surface area contributed by atoms with Gasteiger partial charge in [0.25, 0.3) is 0 Å². The van der Waals surface area contributed by atoms with E-state index in [0.717, 1.165) is 70.1 Å². The van der Waals surface area contributed by atoms with Crippen molar-refractivity contribution in [3.63, 3.8) is 0 Å². The summed E-state index contributed by atoms with van der Waals surface area (Å²) >= 11 is 1.91. The van der Waals surface area contributed by atoms with Gasteiger partial charge in [0.15, 0.2) is 0 Å². The fraction of sp³-hybridized carbons (Fsp3) is 0.833. The summed E-state index contributed by atoms with van der Waals surface area (Å²) in [6.45, 7) is 4.57. The number of piperidine rings is 2. The number of urea groups is 1. The van der Waals surface area contributed by atoms with Crippen LogP contribution in [0.5, 0.6) is 0 Å². The van der Waals surface area contributed by atoms with Crippen molar-refractivity contribution >= 4 is 23.7 Å². The van der Waals surface area contributed by atoms with Crippen molar-refractivity contribution in [1.29, 1.82) is 0 Å².